The van der Waals surface area contributed by atoms with Gasteiger partial charge in [-0.25, -0.2) is 4.98 Å². The monoisotopic (exact) mass is 386 g/mol. The number of nitrogens with zero attached hydrogens (tertiary/aromatic N) is 4. The Morgan fingerprint density at radius 3 is 2.26 bits per heavy atom. The molecular weight excluding hydrogens is 361 g/mol. The Hall–Kier alpha value is -2.36. The normalized spacial score (nSPS) is 15.9. The molecule has 2 aromatic rings. The molecule has 150 valence electrons. The molecule has 10 heteroatoms. The van der Waals surface area contributed by atoms with Crippen LogP contribution in [0.2, 0.25) is 0 Å². The quantitative estimate of drug-likeness (QED) is 0.747. The summed E-state index contributed by atoms with van der Waals surface area (Å²) in [7, 11) is 3.13. The van der Waals surface area contributed by atoms with Gasteiger partial charge in [0.2, 0.25) is 5.95 Å². The van der Waals surface area contributed by atoms with E-state index in [1.807, 2.05) is 13.8 Å². The van der Waals surface area contributed by atoms with Gasteiger partial charge in [0.25, 0.3) is 0 Å². The maximum Gasteiger partial charge on any atom is 0.421 e. The van der Waals surface area contributed by atoms with Crippen molar-refractivity contribution in [3.05, 3.63) is 23.7 Å². The maximum absolute atomic E-state index is 12.7. The Morgan fingerprint density at radius 2 is 1.85 bits per heavy atom. The third kappa shape index (κ3) is 5.56. The highest BCUT2D eigenvalue weighted by Gasteiger charge is 2.35. The lowest BCUT2D eigenvalue weighted by Crippen LogP contribution is -2.17. The minimum Gasteiger partial charge on any atom is -0.390 e. The summed E-state index contributed by atoms with van der Waals surface area (Å²) in [6.45, 7) is 3.73. The zero-order valence-corrected chi connectivity index (χ0v) is 15.9. The summed E-state index contributed by atoms with van der Waals surface area (Å²) >= 11 is 0. The van der Waals surface area contributed by atoms with Crippen LogP contribution >= 0.6 is 0 Å². The van der Waals surface area contributed by atoms with E-state index in [1.165, 1.54) is 19.9 Å². The van der Waals surface area contributed by atoms with E-state index in [9.17, 15) is 18.3 Å². The Balaban J connectivity index is 0.000000313. The summed E-state index contributed by atoms with van der Waals surface area (Å²) in [6.07, 6.45) is 2.24. The van der Waals surface area contributed by atoms with Crippen molar-refractivity contribution in [3.8, 4) is 0 Å². The van der Waals surface area contributed by atoms with Gasteiger partial charge in [0, 0.05) is 20.3 Å². The predicted octanol–water partition coefficient (Wildman–Crippen LogP) is 3.63. The molecule has 0 bridgehead atoms. The highest BCUT2D eigenvalue weighted by atomic mass is 19.4. The SMILES string of the molecule is CC1(O)CCCC1.CNc1nc(Nc2cnn(C)c2C)ncc1C(F)(F)F. The molecule has 2 aromatic heterocycles. The number of rotatable bonds is 3. The summed E-state index contributed by atoms with van der Waals surface area (Å²) < 4.78 is 39.8. The van der Waals surface area contributed by atoms with E-state index in [0.29, 0.717) is 5.69 Å². The number of anilines is 3. The fourth-order valence-corrected chi connectivity index (χ4v) is 2.72. The molecule has 0 aliphatic heterocycles. The zero-order valence-electron chi connectivity index (χ0n) is 15.9. The van der Waals surface area contributed by atoms with Crippen LogP contribution in [0, 0.1) is 6.92 Å². The summed E-state index contributed by atoms with van der Waals surface area (Å²) in [5, 5.41) is 18.5. The fourth-order valence-electron chi connectivity index (χ4n) is 2.72. The molecule has 0 amide bonds. The van der Waals surface area contributed by atoms with Crippen molar-refractivity contribution in [1.82, 2.24) is 19.7 Å². The van der Waals surface area contributed by atoms with E-state index in [0.717, 1.165) is 24.7 Å². The molecule has 27 heavy (non-hydrogen) atoms. The standard InChI is InChI=1S/C11H13F3N6.C6H12O/c1-6-8(5-17-20(6)3)18-10-16-4-7(11(12,13)14)9(15-2)19-10;1-6(7)4-2-3-5-6/h4-5H,1-3H3,(H2,15,16,18,19);7H,2-5H2,1H3. The summed E-state index contributed by atoms with van der Waals surface area (Å²) in [5.41, 5.74) is 0.238. The molecule has 0 unspecified atom stereocenters. The van der Waals surface area contributed by atoms with Crippen LogP contribution in [0.3, 0.4) is 0 Å². The largest absolute Gasteiger partial charge is 0.421 e. The minimum absolute atomic E-state index is 0.0680. The second-order valence-electron chi connectivity index (χ2n) is 6.80. The molecule has 1 fully saturated rings. The number of alkyl halides is 3. The number of aromatic nitrogens is 4. The first-order valence-electron chi connectivity index (χ1n) is 8.63. The summed E-state index contributed by atoms with van der Waals surface area (Å²) in [6, 6.07) is 0. The van der Waals surface area contributed by atoms with E-state index in [4.69, 9.17) is 0 Å². The second-order valence-corrected chi connectivity index (χ2v) is 6.80. The van der Waals surface area contributed by atoms with E-state index in [2.05, 4.69) is 25.7 Å². The molecule has 0 saturated heterocycles. The fraction of sp³-hybridized carbons (Fsp3) is 0.588. The summed E-state index contributed by atoms with van der Waals surface area (Å²) in [4.78, 5) is 7.49. The summed E-state index contributed by atoms with van der Waals surface area (Å²) in [5.74, 6) is -0.213. The molecule has 7 nitrogen and oxygen atoms in total. The van der Waals surface area contributed by atoms with Crippen molar-refractivity contribution in [1.29, 1.82) is 0 Å². The number of hydrogen-bond donors (Lipinski definition) is 3. The number of aliphatic hydroxyl groups is 1. The predicted molar refractivity (Wildman–Crippen MR) is 96.9 cm³/mol. The number of hydrogen-bond acceptors (Lipinski definition) is 6. The lowest BCUT2D eigenvalue weighted by molar-refractivity contribution is -0.137. The molecule has 1 aliphatic carbocycles. The van der Waals surface area contributed by atoms with Crippen molar-refractivity contribution in [2.75, 3.05) is 17.7 Å². The molecule has 0 spiro atoms. The molecule has 0 aromatic carbocycles. The average molecular weight is 386 g/mol. The minimum atomic E-state index is -4.50. The van der Waals surface area contributed by atoms with Gasteiger partial charge in [-0.3, -0.25) is 4.68 Å². The van der Waals surface area contributed by atoms with Gasteiger partial charge in [-0.15, -0.1) is 0 Å². The first-order chi connectivity index (χ1) is 12.5. The molecule has 2 heterocycles. The average Bonchev–Trinajstić information content (AvgIpc) is 3.13. The Labute approximate surface area is 156 Å². The third-order valence-electron chi connectivity index (χ3n) is 4.49. The topological polar surface area (TPSA) is 87.9 Å². The smallest absolute Gasteiger partial charge is 0.390 e. The van der Waals surface area contributed by atoms with Crippen LogP contribution in [0.25, 0.3) is 0 Å². The Kier molecular flexibility index (Phi) is 6.30. The molecule has 3 rings (SSSR count). The molecule has 1 saturated carbocycles. The highest BCUT2D eigenvalue weighted by molar-refractivity contribution is 5.57. The highest BCUT2D eigenvalue weighted by Crippen LogP contribution is 2.34. The van der Waals surface area contributed by atoms with Gasteiger partial charge in [0.05, 0.1) is 23.2 Å². The first-order valence-corrected chi connectivity index (χ1v) is 8.63. The van der Waals surface area contributed by atoms with Crippen molar-refractivity contribution in [2.45, 2.75) is 51.3 Å². The first kappa shape index (κ1) is 20.9. The van der Waals surface area contributed by atoms with E-state index >= 15 is 0 Å². The molecule has 0 atom stereocenters. The van der Waals surface area contributed by atoms with Crippen LogP contribution in [-0.2, 0) is 13.2 Å². The van der Waals surface area contributed by atoms with Gasteiger partial charge in [0.1, 0.15) is 11.4 Å². The van der Waals surface area contributed by atoms with Crippen molar-refractivity contribution < 1.29 is 18.3 Å². The van der Waals surface area contributed by atoms with E-state index in [-0.39, 0.29) is 17.4 Å². The number of halogens is 3. The zero-order chi connectivity index (χ0) is 20.2. The van der Waals surface area contributed by atoms with Gasteiger partial charge in [0.15, 0.2) is 0 Å². The van der Waals surface area contributed by atoms with Crippen molar-refractivity contribution in [3.63, 3.8) is 0 Å². The van der Waals surface area contributed by atoms with Crippen molar-refractivity contribution >= 4 is 17.5 Å². The van der Waals surface area contributed by atoms with E-state index in [1.54, 1.807) is 17.9 Å². The molecule has 0 radical (unpaired) electrons. The Morgan fingerprint density at radius 1 is 1.22 bits per heavy atom. The molecule has 3 N–H and O–H groups in total. The number of aryl methyl sites for hydroxylation is 1. The van der Waals surface area contributed by atoms with Crippen LogP contribution in [0.15, 0.2) is 12.4 Å². The van der Waals surface area contributed by atoms with Crippen LogP contribution in [0.5, 0.6) is 0 Å². The van der Waals surface area contributed by atoms with Gasteiger partial charge >= 0.3 is 6.18 Å². The lowest BCUT2D eigenvalue weighted by atomic mass is 10.1. The third-order valence-corrected chi connectivity index (χ3v) is 4.49. The van der Waals surface area contributed by atoms with Gasteiger partial charge in [-0.1, -0.05) is 12.8 Å². The van der Waals surface area contributed by atoms with Crippen LogP contribution in [-0.4, -0.2) is 37.5 Å². The van der Waals surface area contributed by atoms with Crippen LogP contribution < -0.4 is 10.6 Å². The van der Waals surface area contributed by atoms with Gasteiger partial charge in [-0.05, 0) is 26.7 Å². The molecular formula is C17H25F3N6O. The number of nitrogens with one attached hydrogen (secondary N) is 2. The van der Waals surface area contributed by atoms with Crippen LogP contribution in [0.4, 0.5) is 30.6 Å². The lowest BCUT2D eigenvalue weighted by Gasteiger charge is -2.12. The van der Waals surface area contributed by atoms with Gasteiger partial charge in [-0.2, -0.15) is 23.3 Å². The Bertz CT molecular complexity index is 765. The van der Waals surface area contributed by atoms with Gasteiger partial charge < -0.3 is 15.7 Å². The van der Waals surface area contributed by atoms with Crippen molar-refractivity contribution in [2.24, 2.45) is 7.05 Å². The maximum atomic E-state index is 12.7. The van der Waals surface area contributed by atoms with E-state index < -0.39 is 11.7 Å². The molecule has 1 aliphatic rings. The van der Waals surface area contributed by atoms with Crippen LogP contribution in [0.1, 0.15) is 43.9 Å². The second kappa shape index (κ2) is 8.12.